The molecule has 6 nitrogen and oxygen atoms in total. The van der Waals surface area contributed by atoms with Gasteiger partial charge in [0.15, 0.2) is 0 Å². The zero-order chi connectivity index (χ0) is 12.7. The van der Waals surface area contributed by atoms with Crippen molar-refractivity contribution >= 4 is 5.95 Å². The molecule has 94 valence electrons. The molecule has 0 atom stereocenters. The molecule has 0 aliphatic carbocycles. The largest absolute Gasteiger partial charge is 0.356 e. The van der Waals surface area contributed by atoms with Crippen LogP contribution in [0.4, 0.5) is 5.95 Å². The summed E-state index contributed by atoms with van der Waals surface area (Å²) in [6.45, 7) is 6.44. The van der Waals surface area contributed by atoms with E-state index in [1.165, 1.54) is 6.08 Å². The highest BCUT2D eigenvalue weighted by Crippen LogP contribution is 1.95. The molecule has 0 unspecified atom stereocenters. The fourth-order valence-electron chi connectivity index (χ4n) is 1.40. The van der Waals surface area contributed by atoms with E-state index < -0.39 is 11.4 Å². The third kappa shape index (κ3) is 3.90. The lowest BCUT2D eigenvalue weighted by Gasteiger charge is -2.05. The van der Waals surface area contributed by atoms with E-state index in [9.17, 15) is 9.59 Å². The molecular weight excluding hydrogens is 220 g/mol. The maximum atomic E-state index is 11.5. The second-order valence-electron chi connectivity index (χ2n) is 3.71. The predicted octanol–water partition coefficient (Wildman–Crippen LogP) is 0.720. The van der Waals surface area contributed by atoms with E-state index in [1.807, 2.05) is 0 Å². The molecule has 0 aromatic carbocycles. The fraction of sp³-hybridized carbons (Fsp3) is 0.545. The van der Waals surface area contributed by atoms with Crippen LogP contribution in [-0.2, 0) is 6.54 Å². The normalized spacial score (nSPS) is 10.2. The van der Waals surface area contributed by atoms with E-state index in [-0.39, 0.29) is 12.5 Å². The minimum Gasteiger partial charge on any atom is -0.356 e. The molecule has 1 heterocycles. The third-order valence-corrected chi connectivity index (χ3v) is 2.29. The molecule has 0 spiro atoms. The Morgan fingerprint density at radius 2 is 2.24 bits per heavy atom. The van der Waals surface area contributed by atoms with Gasteiger partial charge in [-0.2, -0.15) is 4.98 Å². The topological polar surface area (TPSA) is 79.8 Å². The van der Waals surface area contributed by atoms with Crippen LogP contribution in [0.3, 0.4) is 0 Å². The highest BCUT2D eigenvalue weighted by Gasteiger charge is 2.03. The first-order valence-electron chi connectivity index (χ1n) is 5.75. The summed E-state index contributed by atoms with van der Waals surface area (Å²) in [7, 11) is 0. The summed E-state index contributed by atoms with van der Waals surface area (Å²) in [4.78, 5) is 29.3. The van der Waals surface area contributed by atoms with Crippen LogP contribution in [0, 0.1) is 0 Å². The van der Waals surface area contributed by atoms with Crippen molar-refractivity contribution in [2.75, 3.05) is 11.9 Å². The minimum absolute atomic E-state index is 0.164. The van der Waals surface area contributed by atoms with Crippen molar-refractivity contribution in [1.29, 1.82) is 0 Å². The van der Waals surface area contributed by atoms with Gasteiger partial charge in [-0.05, 0) is 6.42 Å². The number of nitrogens with zero attached hydrogens (tertiary/aromatic N) is 2. The van der Waals surface area contributed by atoms with Gasteiger partial charge in [-0.1, -0.05) is 25.8 Å². The van der Waals surface area contributed by atoms with Gasteiger partial charge in [-0.3, -0.25) is 4.98 Å². The number of allylic oxidation sites excluding steroid dienone is 1. The number of rotatable bonds is 7. The van der Waals surface area contributed by atoms with E-state index >= 15 is 0 Å². The van der Waals surface area contributed by atoms with Crippen LogP contribution in [0.2, 0.25) is 0 Å². The molecule has 0 fully saturated rings. The van der Waals surface area contributed by atoms with Crippen molar-refractivity contribution in [2.45, 2.75) is 32.7 Å². The first-order valence-corrected chi connectivity index (χ1v) is 5.75. The van der Waals surface area contributed by atoms with Gasteiger partial charge in [0.05, 0.1) is 6.54 Å². The average molecular weight is 238 g/mol. The van der Waals surface area contributed by atoms with Crippen molar-refractivity contribution < 1.29 is 0 Å². The smallest absolute Gasteiger partial charge is 0.355 e. The third-order valence-electron chi connectivity index (χ3n) is 2.29. The van der Waals surface area contributed by atoms with Crippen LogP contribution in [0.25, 0.3) is 0 Å². The number of H-pyrrole nitrogens is 1. The van der Waals surface area contributed by atoms with Crippen molar-refractivity contribution in [1.82, 2.24) is 14.5 Å². The van der Waals surface area contributed by atoms with Gasteiger partial charge in [0.2, 0.25) is 5.95 Å². The predicted molar refractivity (Wildman–Crippen MR) is 67.3 cm³/mol. The standard InChI is InChI=1S/C11H18N4O2/c1-3-5-6-7-12-9-13-10(16)15(8-4-2)11(17)14-9/h4H,2-3,5-8H2,1H3,(H2,12,13,14,16,17). The Morgan fingerprint density at radius 3 is 2.82 bits per heavy atom. The van der Waals surface area contributed by atoms with Crippen molar-refractivity contribution in [2.24, 2.45) is 0 Å². The molecule has 0 saturated heterocycles. The van der Waals surface area contributed by atoms with Gasteiger partial charge in [-0.15, -0.1) is 6.58 Å². The van der Waals surface area contributed by atoms with E-state index in [4.69, 9.17) is 0 Å². The molecule has 1 rings (SSSR count). The van der Waals surface area contributed by atoms with Crippen molar-refractivity contribution in [3.63, 3.8) is 0 Å². The summed E-state index contributed by atoms with van der Waals surface area (Å²) in [5, 5.41) is 2.92. The van der Waals surface area contributed by atoms with Gasteiger partial charge in [-0.25, -0.2) is 14.2 Å². The summed E-state index contributed by atoms with van der Waals surface area (Å²) < 4.78 is 0.990. The molecule has 2 N–H and O–H groups in total. The molecule has 0 saturated carbocycles. The van der Waals surface area contributed by atoms with Crippen LogP contribution in [0.5, 0.6) is 0 Å². The van der Waals surface area contributed by atoms with E-state index in [1.54, 1.807) is 0 Å². The van der Waals surface area contributed by atoms with E-state index in [2.05, 4.69) is 28.8 Å². The summed E-state index contributed by atoms with van der Waals surface area (Å²) in [6, 6.07) is 0. The zero-order valence-corrected chi connectivity index (χ0v) is 10.0. The molecule has 17 heavy (non-hydrogen) atoms. The summed E-state index contributed by atoms with van der Waals surface area (Å²) in [5.74, 6) is 0.233. The number of anilines is 1. The van der Waals surface area contributed by atoms with E-state index in [0.29, 0.717) is 6.54 Å². The Kier molecular flexibility index (Phi) is 5.19. The number of hydrogen-bond donors (Lipinski definition) is 2. The summed E-state index contributed by atoms with van der Waals surface area (Å²) in [5.41, 5.74) is -1.03. The van der Waals surface area contributed by atoms with Crippen LogP contribution in [0.15, 0.2) is 22.2 Å². The fourth-order valence-corrected chi connectivity index (χ4v) is 1.40. The van der Waals surface area contributed by atoms with Gasteiger partial charge in [0.25, 0.3) is 0 Å². The van der Waals surface area contributed by atoms with Gasteiger partial charge >= 0.3 is 11.4 Å². The number of nitrogens with one attached hydrogen (secondary N) is 2. The SMILES string of the molecule is C=CCn1c(=O)nc(NCCCCC)[nH]c1=O. The maximum absolute atomic E-state index is 11.5. The highest BCUT2D eigenvalue weighted by molar-refractivity contribution is 5.20. The lowest BCUT2D eigenvalue weighted by molar-refractivity contribution is 0.675. The average Bonchev–Trinajstić information content (AvgIpc) is 2.29. The molecule has 0 amide bonds. The quantitative estimate of drug-likeness (QED) is 0.542. The number of aromatic nitrogens is 3. The molecule has 0 radical (unpaired) electrons. The lowest BCUT2D eigenvalue weighted by atomic mass is 10.2. The number of aromatic amines is 1. The molecule has 1 aromatic heterocycles. The van der Waals surface area contributed by atoms with Crippen LogP contribution in [-0.4, -0.2) is 21.1 Å². The van der Waals surface area contributed by atoms with Crippen LogP contribution >= 0.6 is 0 Å². The van der Waals surface area contributed by atoms with Crippen molar-refractivity contribution in [3.8, 4) is 0 Å². The summed E-state index contributed by atoms with van der Waals surface area (Å²) in [6.07, 6.45) is 4.68. The van der Waals surface area contributed by atoms with Gasteiger partial charge in [0, 0.05) is 6.54 Å². The molecular formula is C11H18N4O2. The number of hydrogen-bond acceptors (Lipinski definition) is 4. The molecule has 0 aliphatic rings. The minimum atomic E-state index is -0.563. The second kappa shape index (κ2) is 6.67. The van der Waals surface area contributed by atoms with Crippen LogP contribution in [0.1, 0.15) is 26.2 Å². The Bertz CT molecular complexity index is 444. The van der Waals surface area contributed by atoms with E-state index in [0.717, 1.165) is 23.8 Å². The van der Waals surface area contributed by atoms with Gasteiger partial charge in [0.1, 0.15) is 0 Å². The monoisotopic (exact) mass is 238 g/mol. The highest BCUT2D eigenvalue weighted by atomic mass is 16.2. The molecule has 0 bridgehead atoms. The maximum Gasteiger partial charge on any atom is 0.355 e. The molecule has 0 aliphatic heterocycles. The second-order valence-corrected chi connectivity index (χ2v) is 3.71. The molecule has 1 aromatic rings. The number of unbranched alkanes of at least 4 members (excludes halogenated alkanes) is 2. The Hall–Kier alpha value is -1.85. The van der Waals surface area contributed by atoms with Crippen molar-refractivity contribution in [3.05, 3.63) is 33.6 Å². The Balaban J connectivity index is 2.73. The summed E-state index contributed by atoms with van der Waals surface area (Å²) >= 11 is 0. The first-order chi connectivity index (χ1) is 8.19. The Labute approximate surface area is 99.4 Å². The van der Waals surface area contributed by atoms with Crippen LogP contribution < -0.4 is 16.7 Å². The molecule has 6 heteroatoms. The first kappa shape index (κ1) is 13.2. The lowest BCUT2D eigenvalue weighted by Crippen LogP contribution is -2.37. The zero-order valence-electron chi connectivity index (χ0n) is 10.0. The Morgan fingerprint density at radius 1 is 1.47 bits per heavy atom. The van der Waals surface area contributed by atoms with Gasteiger partial charge < -0.3 is 5.32 Å².